The first kappa shape index (κ1) is 29.8. The number of aliphatic imine (C=N–C) groups is 1. The highest BCUT2D eigenvalue weighted by Gasteiger charge is 2.44. The number of allylic oxidation sites excluding steroid dienone is 1. The summed E-state index contributed by atoms with van der Waals surface area (Å²) in [5, 5.41) is 32.2. The molecule has 2 fully saturated rings. The zero-order valence-electron chi connectivity index (χ0n) is 24.1. The molecule has 3 aliphatic heterocycles. The number of hydrogen-bond acceptors (Lipinski definition) is 15. The summed E-state index contributed by atoms with van der Waals surface area (Å²) in [5.74, 6) is 1.96. The number of methoxy groups -OCH3 is 1. The Morgan fingerprint density at radius 2 is 1.93 bits per heavy atom. The number of thiophene rings is 1. The van der Waals surface area contributed by atoms with Crippen molar-refractivity contribution in [2.45, 2.75) is 50.5 Å². The molecule has 3 aliphatic rings. The lowest BCUT2D eigenvalue weighted by Gasteiger charge is -2.42. The predicted molar refractivity (Wildman–Crippen MR) is 158 cm³/mol. The molecule has 0 aliphatic carbocycles. The highest BCUT2D eigenvalue weighted by molar-refractivity contribution is 7.19. The van der Waals surface area contributed by atoms with Crippen molar-refractivity contribution in [1.29, 1.82) is 0 Å². The van der Waals surface area contributed by atoms with Crippen LogP contribution in [-0.2, 0) is 20.9 Å². The average molecular weight is 614 g/mol. The van der Waals surface area contributed by atoms with Crippen LogP contribution in [-0.4, -0.2) is 124 Å². The summed E-state index contributed by atoms with van der Waals surface area (Å²) in [5.41, 5.74) is 1.62. The van der Waals surface area contributed by atoms with Crippen LogP contribution in [0.15, 0.2) is 41.7 Å². The van der Waals surface area contributed by atoms with Gasteiger partial charge in [0.1, 0.15) is 18.3 Å². The summed E-state index contributed by atoms with van der Waals surface area (Å²) in [6.45, 7) is 4.83. The number of fused-ring (bicyclic) bond motifs is 1. The monoisotopic (exact) mass is 613 g/mol. The van der Waals surface area contributed by atoms with E-state index in [1.165, 1.54) is 5.06 Å². The molecule has 6 heterocycles. The van der Waals surface area contributed by atoms with E-state index in [2.05, 4.69) is 20.9 Å². The van der Waals surface area contributed by atoms with Gasteiger partial charge in [-0.3, -0.25) is 9.89 Å². The molecule has 3 aromatic rings. The lowest BCUT2D eigenvalue weighted by atomic mass is 10.0. The molecule has 2 saturated heterocycles. The van der Waals surface area contributed by atoms with Gasteiger partial charge in [-0.1, -0.05) is 0 Å². The summed E-state index contributed by atoms with van der Waals surface area (Å²) in [6, 6.07) is 5.75. The minimum absolute atomic E-state index is 0.504. The third kappa shape index (κ3) is 6.21. The highest BCUT2D eigenvalue weighted by Crippen LogP contribution is 2.35. The standard InChI is InChI=1S/C28H35N7O7S/c1-16-21(36)22(37)23(38)27(41-16)42-35-8-4-7-29-28(35)33(2)15-18-13-19-24(43-18)26(34-9-11-40-12-10-34)32-25(31-19)17-5-6-20(39-3)30-14-17/h4-8,13-14,16,21-23,27-28,36-38H,9-12,15H2,1-3H3/t16-,21+,22+,23-,27-,28?/m0/s1. The van der Waals surface area contributed by atoms with Crippen LogP contribution in [0.5, 0.6) is 5.88 Å². The van der Waals surface area contributed by atoms with Crippen molar-refractivity contribution in [2.75, 3.05) is 45.4 Å². The smallest absolute Gasteiger partial charge is 0.213 e. The molecule has 0 bridgehead atoms. The lowest BCUT2D eigenvalue weighted by Crippen LogP contribution is -2.59. The maximum absolute atomic E-state index is 10.5. The van der Waals surface area contributed by atoms with Gasteiger partial charge in [-0.25, -0.2) is 24.9 Å². The molecule has 6 atom stereocenters. The number of morpholine rings is 1. The number of pyridine rings is 1. The van der Waals surface area contributed by atoms with Crippen LogP contribution >= 0.6 is 11.3 Å². The van der Waals surface area contributed by atoms with E-state index in [-0.39, 0.29) is 0 Å². The first-order valence-corrected chi connectivity index (χ1v) is 14.8. The normalized spacial score (nSPS) is 27.8. The number of hydroxylamine groups is 2. The van der Waals surface area contributed by atoms with E-state index in [1.807, 2.05) is 18.0 Å². The fourth-order valence-electron chi connectivity index (χ4n) is 5.13. The first-order chi connectivity index (χ1) is 20.8. The molecule has 0 aromatic carbocycles. The Hall–Kier alpha value is -3.28. The van der Waals surface area contributed by atoms with E-state index in [4.69, 9.17) is 29.0 Å². The summed E-state index contributed by atoms with van der Waals surface area (Å²) in [7, 11) is 3.48. The van der Waals surface area contributed by atoms with Gasteiger partial charge < -0.3 is 34.4 Å². The van der Waals surface area contributed by atoms with E-state index in [0.717, 1.165) is 39.6 Å². The number of anilines is 1. The Bertz CT molecular complexity index is 1470. The lowest BCUT2D eigenvalue weighted by molar-refractivity contribution is -0.360. The highest BCUT2D eigenvalue weighted by atomic mass is 32.1. The topological polar surface area (TPSA) is 158 Å². The number of nitrogens with zero attached hydrogens (tertiary/aromatic N) is 7. The van der Waals surface area contributed by atoms with E-state index in [1.54, 1.807) is 56.1 Å². The largest absolute Gasteiger partial charge is 0.481 e. The first-order valence-electron chi connectivity index (χ1n) is 14.0. The van der Waals surface area contributed by atoms with Crippen molar-refractivity contribution in [2.24, 2.45) is 4.99 Å². The molecule has 0 radical (unpaired) electrons. The Labute approximate surface area is 252 Å². The third-order valence-electron chi connectivity index (χ3n) is 7.52. The molecule has 3 aromatic heterocycles. The summed E-state index contributed by atoms with van der Waals surface area (Å²) >= 11 is 1.62. The van der Waals surface area contributed by atoms with Gasteiger partial charge in [0.05, 0.1) is 36.6 Å². The minimum atomic E-state index is -1.44. The van der Waals surface area contributed by atoms with Crippen molar-refractivity contribution in [3.05, 3.63) is 41.5 Å². The second kappa shape index (κ2) is 12.8. The number of ether oxygens (including phenoxy) is 3. The molecule has 15 heteroatoms. The zero-order chi connectivity index (χ0) is 30.1. The van der Waals surface area contributed by atoms with Gasteiger partial charge in [-0.05, 0) is 32.2 Å². The van der Waals surface area contributed by atoms with Crippen LogP contribution in [0.25, 0.3) is 21.6 Å². The van der Waals surface area contributed by atoms with Crippen LogP contribution in [0, 0.1) is 0 Å². The van der Waals surface area contributed by atoms with E-state index in [9.17, 15) is 15.3 Å². The minimum Gasteiger partial charge on any atom is -0.481 e. The number of rotatable bonds is 8. The molecule has 0 amide bonds. The maximum Gasteiger partial charge on any atom is 0.213 e. The zero-order valence-corrected chi connectivity index (χ0v) is 24.9. The summed E-state index contributed by atoms with van der Waals surface area (Å²) < 4.78 is 17.4. The van der Waals surface area contributed by atoms with Crippen molar-refractivity contribution in [3.8, 4) is 17.3 Å². The van der Waals surface area contributed by atoms with E-state index < -0.39 is 37.0 Å². The van der Waals surface area contributed by atoms with Crippen molar-refractivity contribution in [1.82, 2.24) is 24.9 Å². The van der Waals surface area contributed by atoms with Gasteiger partial charge in [-0.15, -0.1) is 11.3 Å². The quantitative estimate of drug-likeness (QED) is 0.330. The fraction of sp³-hybridized carbons (Fsp3) is 0.500. The van der Waals surface area contributed by atoms with Crippen LogP contribution in [0.3, 0.4) is 0 Å². The molecular formula is C28H35N7O7S. The van der Waals surface area contributed by atoms with Crippen molar-refractivity contribution < 1.29 is 34.4 Å². The van der Waals surface area contributed by atoms with Crippen LogP contribution < -0.4 is 9.64 Å². The van der Waals surface area contributed by atoms with E-state index >= 15 is 0 Å². The van der Waals surface area contributed by atoms with Gasteiger partial charge in [0.2, 0.25) is 18.5 Å². The maximum atomic E-state index is 10.5. The van der Waals surface area contributed by atoms with Crippen LogP contribution in [0.4, 0.5) is 5.82 Å². The molecule has 0 saturated carbocycles. The molecular weight excluding hydrogens is 578 g/mol. The Kier molecular flexibility index (Phi) is 8.83. The van der Waals surface area contributed by atoms with E-state index in [0.29, 0.717) is 31.5 Å². The summed E-state index contributed by atoms with van der Waals surface area (Å²) in [6.07, 6.45) is 0.191. The SMILES string of the molecule is COc1ccc(-c2nc(N3CCOCC3)c3sc(CN(C)C4N=CC=CN4O[C@@H]4O[C@@H](C)[C@@H](O)[C@@H](O)[C@@H]4O)cc3n2)cn1. The fourth-order valence-corrected chi connectivity index (χ4v) is 6.31. The molecule has 6 rings (SSSR count). The van der Waals surface area contributed by atoms with Crippen molar-refractivity contribution >= 4 is 33.6 Å². The van der Waals surface area contributed by atoms with Gasteiger partial charge >= 0.3 is 0 Å². The van der Waals surface area contributed by atoms with Crippen molar-refractivity contribution in [3.63, 3.8) is 0 Å². The number of hydrogen-bond donors (Lipinski definition) is 3. The van der Waals surface area contributed by atoms with Crippen LogP contribution in [0.2, 0.25) is 0 Å². The second-order valence-electron chi connectivity index (χ2n) is 10.5. The number of aliphatic hydroxyl groups excluding tert-OH is 3. The summed E-state index contributed by atoms with van der Waals surface area (Å²) in [4.78, 5) is 29.9. The molecule has 3 N–H and O–H groups in total. The molecule has 14 nitrogen and oxygen atoms in total. The molecule has 43 heavy (non-hydrogen) atoms. The molecule has 0 spiro atoms. The van der Waals surface area contributed by atoms with Gasteiger partial charge in [0.15, 0.2) is 11.6 Å². The average Bonchev–Trinajstić information content (AvgIpc) is 3.45. The second-order valence-corrected chi connectivity index (χ2v) is 11.7. The van der Waals surface area contributed by atoms with Gasteiger partial charge in [0.25, 0.3) is 0 Å². The van der Waals surface area contributed by atoms with Gasteiger partial charge in [-0.2, -0.15) is 0 Å². The Morgan fingerprint density at radius 3 is 2.67 bits per heavy atom. The number of aliphatic hydroxyl groups is 3. The Balaban J connectivity index is 1.25. The van der Waals surface area contributed by atoms with Crippen LogP contribution in [0.1, 0.15) is 11.8 Å². The van der Waals surface area contributed by atoms with Gasteiger partial charge in [0, 0.05) is 54.8 Å². The molecule has 1 unspecified atom stereocenters. The third-order valence-corrected chi connectivity index (χ3v) is 8.62. The predicted octanol–water partition coefficient (Wildman–Crippen LogP) is 0.973. The Morgan fingerprint density at radius 1 is 1.12 bits per heavy atom. The number of aromatic nitrogens is 3. The molecule has 230 valence electrons.